The largest absolute Gasteiger partial charge is 0.337 e. The molecular weight excluding hydrogens is 304 g/mol. The molecule has 3 fully saturated rings. The second-order valence-electron chi connectivity index (χ2n) is 6.73. The third kappa shape index (κ3) is 3.19. The summed E-state index contributed by atoms with van der Waals surface area (Å²) >= 11 is 1.76. The standard InChI is InChI=1S/C19H22N2OS/c22-19(17-4-2-1-3-5-17)21-11-15-6-7-18(13-21)20(10-15)12-16-8-9-23-14-16/h1-5,8-9,14-15,18H,6-7,10-13H2/t15-,18-/m1/s1. The van der Waals surface area contributed by atoms with Crippen molar-refractivity contribution >= 4 is 17.2 Å². The predicted molar refractivity (Wildman–Crippen MR) is 93.6 cm³/mol. The lowest BCUT2D eigenvalue weighted by molar-refractivity contribution is 0.0736. The van der Waals surface area contributed by atoms with E-state index in [0.717, 1.165) is 31.7 Å². The molecule has 1 aromatic carbocycles. The molecular formula is C19H22N2OS. The molecule has 23 heavy (non-hydrogen) atoms. The number of piperidine rings is 1. The van der Waals surface area contributed by atoms with Crippen molar-refractivity contribution in [3.8, 4) is 0 Å². The van der Waals surface area contributed by atoms with Crippen molar-refractivity contribution in [3.63, 3.8) is 0 Å². The second-order valence-corrected chi connectivity index (χ2v) is 7.51. The Morgan fingerprint density at radius 3 is 2.74 bits per heavy atom. The van der Waals surface area contributed by atoms with Gasteiger partial charge in [-0.15, -0.1) is 0 Å². The Morgan fingerprint density at radius 1 is 1.09 bits per heavy atom. The summed E-state index contributed by atoms with van der Waals surface area (Å²) in [5, 5.41) is 4.39. The number of nitrogens with zero attached hydrogens (tertiary/aromatic N) is 2. The zero-order valence-corrected chi connectivity index (χ0v) is 14.0. The van der Waals surface area contributed by atoms with Crippen LogP contribution in [0.3, 0.4) is 0 Å². The molecule has 0 unspecified atom stereocenters. The van der Waals surface area contributed by atoms with Crippen molar-refractivity contribution in [2.75, 3.05) is 19.6 Å². The minimum atomic E-state index is 0.194. The van der Waals surface area contributed by atoms with Crippen molar-refractivity contribution in [1.29, 1.82) is 0 Å². The number of benzene rings is 1. The van der Waals surface area contributed by atoms with E-state index in [2.05, 4.69) is 26.6 Å². The summed E-state index contributed by atoms with van der Waals surface area (Å²) in [4.78, 5) is 17.5. The number of fused-ring (bicyclic) bond motifs is 4. The van der Waals surface area contributed by atoms with Gasteiger partial charge in [0.25, 0.3) is 5.91 Å². The maximum absolute atomic E-state index is 12.8. The molecule has 1 aromatic heterocycles. The minimum absolute atomic E-state index is 0.194. The van der Waals surface area contributed by atoms with Gasteiger partial charge in [0.15, 0.2) is 0 Å². The summed E-state index contributed by atoms with van der Waals surface area (Å²) in [6, 6.07) is 12.4. The lowest BCUT2D eigenvalue weighted by Gasteiger charge is -2.35. The molecule has 5 rings (SSSR count). The van der Waals surface area contributed by atoms with E-state index in [9.17, 15) is 4.79 Å². The van der Waals surface area contributed by atoms with Crippen LogP contribution in [0.1, 0.15) is 28.8 Å². The Labute approximate surface area is 141 Å². The third-order valence-corrected chi connectivity index (χ3v) is 5.83. The first kappa shape index (κ1) is 14.9. The van der Waals surface area contributed by atoms with E-state index in [4.69, 9.17) is 0 Å². The summed E-state index contributed by atoms with van der Waals surface area (Å²) in [5.41, 5.74) is 2.22. The molecule has 120 valence electrons. The van der Waals surface area contributed by atoms with E-state index >= 15 is 0 Å². The molecule has 3 nitrogen and oxygen atoms in total. The van der Waals surface area contributed by atoms with E-state index in [0.29, 0.717) is 12.0 Å². The normalized spacial score (nSPS) is 24.6. The summed E-state index contributed by atoms with van der Waals surface area (Å²) in [5.74, 6) is 0.805. The van der Waals surface area contributed by atoms with Crippen LogP contribution in [-0.4, -0.2) is 41.4 Å². The van der Waals surface area contributed by atoms with E-state index in [1.807, 2.05) is 30.3 Å². The Kier molecular flexibility index (Phi) is 4.19. The van der Waals surface area contributed by atoms with Crippen LogP contribution in [0.15, 0.2) is 47.2 Å². The summed E-state index contributed by atoms with van der Waals surface area (Å²) < 4.78 is 0. The van der Waals surface area contributed by atoms with Crippen LogP contribution in [0.4, 0.5) is 0 Å². The molecule has 0 saturated carbocycles. The summed E-state index contributed by atoms with van der Waals surface area (Å²) in [6.07, 6.45) is 2.47. The van der Waals surface area contributed by atoms with E-state index in [-0.39, 0.29) is 5.91 Å². The molecule has 3 aliphatic rings. The Bertz CT molecular complexity index is 655. The maximum Gasteiger partial charge on any atom is 0.253 e. The molecule has 2 bridgehead atoms. The van der Waals surface area contributed by atoms with Gasteiger partial charge in [-0.1, -0.05) is 18.2 Å². The van der Waals surface area contributed by atoms with Gasteiger partial charge >= 0.3 is 0 Å². The molecule has 3 saturated heterocycles. The van der Waals surface area contributed by atoms with E-state index < -0.39 is 0 Å². The molecule has 2 aromatic rings. The quantitative estimate of drug-likeness (QED) is 0.862. The van der Waals surface area contributed by atoms with Gasteiger partial charge in [0.1, 0.15) is 0 Å². The number of carbonyl (C=O) groups is 1. The zero-order valence-electron chi connectivity index (χ0n) is 13.2. The molecule has 0 N–H and O–H groups in total. The first-order valence-corrected chi connectivity index (χ1v) is 9.33. The minimum Gasteiger partial charge on any atom is -0.337 e. The third-order valence-electron chi connectivity index (χ3n) is 5.10. The Balaban J connectivity index is 1.50. The average molecular weight is 326 g/mol. The monoisotopic (exact) mass is 326 g/mol. The lowest BCUT2D eigenvalue weighted by atomic mass is 9.95. The highest BCUT2D eigenvalue weighted by Crippen LogP contribution is 2.30. The van der Waals surface area contributed by atoms with Gasteiger partial charge in [-0.05, 0) is 53.3 Å². The fourth-order valence-corrected chi connectivity index (χ4v) is 4.58. The smallest absolute Gasteiger partial charge is 0.253 e. The van der Waals surface area contributed by atoms with Crippen LogP contribution in [0.25, 0.3) is 0 Å². The number of amides is 1. The van der Waals surface area contributed by atoms with Crippen LogP contribution < -0.4 is 0 Å². The molecule has 1 amide bonds. The highest BCUT2D eigenvalue weighted by molar-refractivity contribution is 7.07. The fraction of sp³-hybridized carbons (Fsp3) is 0.421. The predicted octanol–water partition coefficient (Wildman–Crippen LogP) is 3.48. The first-order valence-electron chi connectivity index (χ1n) is 8.39. The Morgan fingerprint density at radius 2 is 1.96 bits per heavy atom. The fourth-order valence-electron chi connectivity index (χ4n) is 3.92. The van der Waals surface area contributed by atoms with Crippen LogP contribution in [-0.2, 0) is 6.54 Å². The van der Waals surface area contributed by atoms with Crippen LogP contribution in [0, 0.1) is 5.92 Å². The topological polar surface area (TPSA) is 23.6 Å². The lowest BCUT2D eigenvalue weighted by Crippen LogP contribution is -2.43. The molecule has 0 aliphatic carbocycles. The van der Waals surface area contributed by atoms with Gasteiger partial charge in [0.05, 0.1) is 0 Å². The van der Waals surface area contributed by atoms with Gasteiger partial charge in [-0.25, -0.2) is 0 Å². The molecule has 2 atom stereocenters. The van der Waals surface area contributed by atoms with Gasteiger partial charge < -0.3 is 4.90 Å². The van der Waals surface area contributed by atoms with Crippen molar-refractivity contribution in [1.82, 2.24) is 9.80 Å². The summed E-state index contributed by atoms with van der Waals surface area (Å²) in [6.45, 7) is 3.93. The Hall–Kier alpha value is -1.65. The van der Waals surface area contributed by atoms with Gasteiger partial charge in [0, 0.05) is 37.8 Å². The number of thiophene rings is 1. The molecule has 3 aliphatic heterocycles. The van der Waals surface area contributed by atoms with Crippen molar-refractivity contribution in [2.45, 2.75) is 25.4 Å². The zero-order chi connectivity index (χ0) is 15.6. The number of rotatable bonds is 3. The number of carbonyl (C=O) groups excluding carboxylic acids is 1. The van der Waals surface area contributed by atoms with Crippen molar-refractivity contribution in [2.24, 2.45) is 5.92 Å². The highest BCUT2D eigenvalue weighted by atomic mass is 32.1. The van der Waals surface area contributed by atoms with E-state index in [1.54, 1.807) is 11.3 Å². The van der Waals surface area contributed by atoms with Crippen LogP contribution in [0.2, 0.25) is 0 Å². The molecule has 4 heteroatoms. The van der Waals surface area contributed by atoms with E-state index in [1.165, 1.54) is 18.4 Å². The first-order chi connectivity index (χ1) is 11.3. The van der Waals surface area contributed by atoms with Gasteiger partial charge in [-0.3, -0.25) is 9.69 Å². The van der Waals surface area contributed by atoms with Crippen molar-refractivity contribution in [3.05, 3.63) is 58.3 Å². The van der Waals surface area contributed by atoms with Gasteiger partial charge in [-0.2, -0.15) is 11.3 Å². The molecule has 0 spiro atoms. The molecule has 0 radical (unpaired) electrons. The number of hydrogen-bond acceptors (Lipinski definition) is 3. The number of hydrogen-bond donors (Lipinski definition) is 0. The van der Waals surface area contributed by atoms with Crippen LogP contribution >= 0.6 is 11.3 Å². The second kappa shape index (κ2) is 6.46. The average Bonchev–Trinajstić information content (AvgIpc) is 2.93. The SMILES string of the molecule is O=C(c1ccccc1)N1C[C@@H]2CC[C@H](C1)N(Cc1ccsc1)C2. The molecule has 4 heterocycles. The summed E-state index contributed by atoms with van der Waals surface area (Å²) in [7, 11) is 0. The van der Waals surface area contributed by atoms with Gasteiger partial charge in [0.2, 0.25) is 0 Å². The van der Waals surface area contributed by atoms with Crippen molar-refractivity contribution < 1.29 is 4.79 Å². The van der Waals surface area contributed by atoms with Crippen LogP contribution in [0.5, 0.6) is 0 Å². The maximum atomic E-state index is 12.8. The highest BCUT2D eigenvalue weighted by Gasteiger charge is 2.36.